The zero-order chi connectivity index (χ0) is 19.1. The molecule has 0 radical (unpaired) electrons. The molecule has 0 aliphatic heterocycles. The van der Waals surface area contributed by atoms with E-state index in [1.54, 1.807) is 46.5 Å². The molecule has 0 spiro atoms. The summed E-state index contributed by atoms with van der Waals surface area (Å²) in [5.74, 6) is 2.36. The molecule has 0 unspecified atom stereocenters. The Morgan fingerprint density at radius 2 is 1.46 bits per heavy atom. The fourth-order valence-corrected chi connectivity index (χ4v) is 2.65. The van der Waals surface area contributed by atoms with Crippen LogP contribution >= 0.6 is 0 Å². The topological polar surface area (TPSA) is 57.2 Å². The van der Waals surface area contributed by atoms with Gasteiger partial charge in [0.05, 0.1) is 21.3 Å². The fraction of sp³-hybridized carbons (Fsp3) is 0.333. The molecule has 2 aromatic rings. The second-order valence-corrected chi connectivity index (χ2v) is 5.79. The number of aliphatic hydroxyl groups excluding tert-OH is 1. The third-order valence-corrected chi connectivity index (χ3v) is 4.05. The van der Waals surface area contributed by atoms with Crippen LogP contribution in [0, 0.1) is 0 Å². The summed E-state index contributed by atoms with van der Waals surface area (Å²) in [6, 6.07) is 11.0. The minimum absolute atomic E-state index is 0.491. The third-order valence-electron chi connectivity index (χ3n) is 4.05. The average Bonchev–Trinajstić information content (AvgIpc) is 2.67. The van der Waals surface area contributed by atoms with Crippen LogP contribution in [0.5, 0.6) is 23.0 Å². The summed E-state index contributed by atoms with van der Waals surface area (Å²) in [5.41, 5.74) is 1.70. The van der Waals surface area contributed by atoms with Gasteiger partial charge in [0, 0.05) is 0 Å². The quantitative estimate of drug-likeness (QED) is 0.765. The number of ether oxygens (including phenoxy) is 4. The number of hydrogen-bond donors (Lipinski definition) is 1. The molecule has 0 aliphatic carbocycles. The van der Waals surface area contributed by atoms with Crippen LogP contribution in [0.1, 0.15) is 31.1 Å². The maximum Gasteiger partial charge on any atom is 0.161 e. The zero-order valence-corrected chi connectivity index (χ0v) is 15.9. The molecular weight excluding hydrogens is 332 g/mol. The number of rotatable bonds is 8. The first-order chi connectivity index (χ1) is 12.5. The smallest absolute Gasteiger partial charge is 0.161 e. The predicted molar refractivity (Wildman–Crippen MR) is 102 cm³/mol. The number of hydrogen-bond acceptors (Lipinski definition) is 5. The van der Waals surface area contributed by atoms with Gasteiger partial charge in [0.25, 0.3) is 0 Å². The monoisotopic (exact) mass is 358 g/mol. The highest BCUT2D eigenvalue weighted by Gasteiger charge is 2.21. The van der Waals surface area contributed by atoms with Crippen LogP contribution in [-0.2, 0) is 0 Å². The molecule has 0 aromatic heterocycles. The zero-order valence-electron chi connectivity index (χ0n) is 15.9. The summed E-state index contributed by atoms with van der Waals surface area (Å²) in [7, 11) is 4.73. The number of methoxy groups -OCH3 is 3. The fourth-order valence-electron chi connectivity index (χ4n) is 2.65. The van der Waals surface area contributed by atoms with Crippen molar-refractivity contribution in [3.05, 3.63) is 53.6 Å². The Morgan fingerprint density at radius 3 is 2.08 bits per heavy atom. The number of aliphatic hydroxyl groups is 1. The van der Waals surface area contributed by atoms with Gasteiger partial charge in [-0.05, 0) is 49.2 Å². The molecule has 0 amide bonds. The van der Waals surface area contributed by atoms with Crippen molar-refractivity contribution in [2.75, 3.05) is 21.3 Å². The Kier molecular flexibility index (Phi) is 6.92. The highest BCUT2D eigenvalue weighted by Crippen LogP contribution is 2.34. The van der Waals surface area contributed by atoms with Crippen molar-refractivity contribution >= 4 is 6.08 Å². The van der Waals surface area contributed by atoms with Crippen molar-refractivity contribution in [3.63, 3.8) is 0 Å². The summed E-state index contributed by atoms with van der Waals surface area (Å²) in [4.78, 5) is 0. The highest BCUT2D eigenvalue weighted by molar-refractivity contribution is 5.55. The molecule has 140 valence electrons. The molecule has 0 saturated heterocycles. The lowest BCUT2D eigenvalue weighted by atomic mass is 10.0. The molecular formula is C21H26O5. The molecule has 0 saturated carbocycles. The predicted octanol–water partition coefficient (Wildman–Crippen LogP) is 4.25. The van der Waals surface area contributed by atoms with E-state index in [0.29, 0.717) is 28.6 Å². The van der Waals surface area contributed by atoms with E-state index < -0.39 is 12.2 Å². The van der Waals surface area contributed by atoms with Crippen LogP contribution in [0.2, 0.25) is 0 Å². The van der Waals surface area contributed by atoms with Crippen molar-refractivity contribution in [1.82, 2.24) is 0 Å². The van der Waals surface area contributed by atoms with Gasteiger partial charge < -0.3 is 24.1 Å². The molecule has 0 bridgehead atoms. The lowest BCUT2D eigenvalue weighted by molar-refractivity contribution is 0.0450. The maximum atomic E-state index is 10.7. The number of allylic oxidation sites excluding steroid dienone is 1. The van der Waals surface area contributed by atoms with Gasteiger partial charge in [-0.15, -0.1) is 0 Å². The summed E-state index contributed by atoms with van der Waals surface area (Å²) in [5, 5.41) is 10.7. The van der Waals surface area contributed by atoms with Gasteiger partial charge >= 0.3 is 0 Å². The third kappa shape index (κ3) is 4.49. The van der Waals surface area contributed by atoms with E-state index in [4.69, 9.17) is 18.9 Å². The van der Waals surface area contributed by atoms with Gasteiger partial charge in [0.1, 0.15) is 12.2 Å². The minimum atomic E-state index is -0.838. The first-order valence-electron chi connectivity index (χ1n) is 8.41. The maximum absolute atomic E-state index is 10.7. The van der Waals surface area contributed by atoms with E-state index in [0.717, 1.165) is 5.56 Å². The van der Waals surface area contributed by atoms with E-state index in [2.05, 4.69) is 0 Å². The van der Waals surface area contributed by atoms with Crippen molar-refractivity contribution in [2.45, 2.75) is 26.1 Å². The van der Waals surface area contributed by atoms with Crippen LogP contribution in [0.3, 0.4) is 0 Å². The molecule has 0 aliphatic rings. The van der Waals surface area contributed by atoms with Crippen molar-refractivity contribution < 1.29 is 24.1 Å². The van der Waals surface area contributed by atoms with Gasteiger partial charge in [-0.25, -0.2) is 0 Å². The molecule has 0 heterocycles. The van der Waals surface area contributed by atoms with E-state index >= 15 is 0 Å². The molecule has 2 atom stereocenters. The second-order valence-electron chi connectivity index (χ2n) is 5.79. The Labute approximate surface area is 154 Å². The van der Waals surface area contributed by atoms with Crippen LogP contribution in [-0.4, -0.2) is 32.5 Å². The van der Waals surface area contributed by atoms with E-state index in [-0.39, 0.29) is 0 Å². The molecule has 26 heavy (non-hydrogen) atoms. The normalized spacial score (nSPS) is 13.3. The Morgan fingerprint density at radius 1 is 0.846 bits per heavy atom. The minimum Gasteiger partial charge on any atom is -0.493 e. The van der Waals surface area contributed by atoms with Crippen molar-refractivity contribution in [2.24, 2.45) is 0 Å². The second kappa shape index (κ2) is 9.15. The Bertz CT molecular complexity index is 754. The van der Waals surface area contributed by atoms with Gasteiger partial charge in [-0.1, -0.05) is 24.3 Å². The summed E-state index contributed by atoms with van der Waals surface area (Å²) < 4.78 is 21.9. The highest BCUT2D eigenvalue weighted by atomic mass is 16.5. The summed E-state index contributed by atoms with van der Waals surface area (Å²) in [6.07, 6.45) is 2.61. The summed E-state index contributed by atoms with van der Waals surface area (Å²) in [6.45, 7) is 3.76. The Balaban J connectivity index is 2.20. The molecule has 1 N–H and O–H groups in total. The first kappa shape index (κ1) is 19.7. The molecule has 0 fully saturated rings. The SMILES string of the molecule is C/C=C/c1ccc(O[C@@H](C)[C@@H](O)c2ccc(OC)c(OC)c2)c(OC)c1. The Hall–Kier alpha value is -2.66. The van der Waals surface area contributed by atoms with E-state index in [1.807, 2.05) is 37.3 Å². The standard InChI is InChI=1S/C21H26O5/c1-6-7-15-8-10-18(19(12-15)24-4)26-14(2)21(22)16-9-11-17(23-3)20(13-16)25-5/h6-14,21-22H,1-5H3/b7-6+/t14-,21+/m0/s1. The average molecular weight is 358 g/mol. The van der Waals surface area contributed by atoms with Crippen LogP contribution in [0.15, 0.2) is 42.5 Å². The van der Waals surface area contributed by atoms with E-state index in [1.165, 1.54) is 0 Å². The van der Waals surface area contributed by atoms with Gasteiger partial charge in [-0.3, -0.25) is 0 Å². The van der Waals surface area contributed by atoms with E-state index in [9.17, 15) is 5.11 Å². The lowest BCUT2D eigenvalue weighted by Gasteiger charge is -2.23. The largest absolute Gasteiger partial charge is 0.493 e. The molecule has 2 aromatic carbocycles. The van der Waals surface area contributed by atoms with Crippen LogP contribution in [0.4, 0.5) is 0 Å². The van der Waals surface area contributed by atoms with Gasteiger partial charge in [0.15, 0.2) is 23.0 Å². The number of benzene rings is 2. The first-order valence-corrected chi connectivity index (χ1v) is 8.41. The molecule has 5 heteroatoms. The summed E-state index contributed by atoms with van der Waals surface area (Å²) >= 11 is 0. The van der Waals surface area contributed by atoms with Gasteiger partial charge in [0.2, 0.25) is 0 Å². The lowest BCUT2D eigenvalue weighted by Crippen LogP contribution is -2.22. The molecule has 5 nitrogen and oxygen atoms in total. The van der Waals surface area contributed by atoms with Crippen LogP contribution < -0.4 is 18.9 Å². The van der Waals surface area contributed by atoms with Crippen LogP contribution in [0.25, 0.3) is 6.08 Å². The van der Waals surface area contributed by atoms with Gasteiger partial charge in [-0.2, -0.15) is 0 Å². The van der Waals surface area contributed by atoms with Crippen molar-refractivity contribution in [1.29, 1.82) is 0 Å². The van der Waals surface area contributed by atoms with Crippen molar-refractivity contribution in [3.8, 4) is 23.0 Å². The molecule has 2 rings (SSSR count).